The Labute approximate surface area is 79.0 Å². The smallest absolute Gasteiger partial charge is 0.373 e. The second-order valence-electron chi connectivity index (χ2n) is 2.43. The van der Waals surface area contributed by atoms with E-state index in [1.165, 1.54) is 0 Å². The SMILES string of the molecule is C=CC(C)O/C(=C\C)C(=O)OCC. The molecule has 0 bridgehead atoms. The van der Waals surface area contributed by atoms with E-state index in [0.29, 0.717) is 6.61 Å². The van der Waals surface area contributed by atoms with Gasteiger partial charge in [0.25, 0.3) is 0 Å². The zero-order chi connectivity index (χ0) is 10.3. The molecule has 13 heavy (non-hydrogen) atoms. The van der Waals surface area contributed by atoms with E-state index in [2.05, 4.69) is 6.58 Å². The van der Waals surface area contributed by atoms with E-state index in [-0.39, 0.29) is 11.9 Å². The van der Waals surface area contributed by atoms with E-state index in [0.717, 1.165) is 0 Å². The summed E-state index contributed by atoms with van der Waals surface area (Å²) >= 11 is 0. The van der Waals surface area contributed by atoms with Gasteiger partial charge in [0.05, 0.1) is 6.61 Å². The largest absolute Gasteiger partial charge is 0.480 e. The number of carbonyl (C=O) groups excluding carboxylic acids is 1. The Morgan fingerprint density at radius 1 is 1.62 bits per heavy atom. The minimum atomic E-state index is -0.432. The van der Waals surface area contributed by atoms with Crippen molar-refractivity contribution in [1.82, 2.24) is 0 Å². The number of esters is 1. The van der Waals surface area contributed by atoms with Crippen LogP contribution in [0.25, 0.3) is 0 Å². The van der Waals surface area contributed by atoms with Crippen molar-refractivity contribution in [2.75, 3.05) is 6.61 Å². The van der Waals surface area contributed by atoms with Crippen molar-refractivity contribution in [3.8, 4) is 0 Å². The fourth-order valence-electron chi connectivity index (χ4n) is 0.685. The summed E-state index contributed by atoms with van der Waals surface area (Å²) in [6.07, 6.45) is 3.01. The van der Waals surface area contributed by atoms with E-state index >= 15 is 0 Å². The molecule has 1 unspecified atom stereocenters. The molecule has 0 amide bonds. The summed E-state index contributed by atoms with van der Waals surface area (Å²) in [4.78, 5) is 11.2. The summed E-state index contributed by atoms with van der Waals surface area (Å²) in [6, 6.07) is 0. The normalized spacial score (nSPS) is 13.3. The van der Waals surface area contributed by atoms with E-state index in [1.807, 2.05) is 0 Å². The summed E-state index contributed by atoms with van der Waals surface area (Å²) in [5.74, 6) is -0.201. The molecule has 74 valence electrons. The highest BCUT2D eigenvalue weighted by Crippen LogP contribution is 2.05. The maximum absolute atomic E-state index is 11.2. The van der Waals surface area contributed by atoms with Crippen molar-refractivity contribution in [1.29, 1.82) is 0 Å². The Hall–Kier alpha value is -1.25. The first-order valence-electron chi connectivity index (χ1n) is 4.28. The third kappa shape index (κ3) is 4.35. The minimum absolute atomic E-state index is 0.185. The summed E-state index contributed by atoms with van der Waals surface area (Å²) in [5.41, 5.74) is 0. The third-order valence-corrected chi connectivity index (χ3v) is 1.38. The average molecular weight is 184 g/mol. The van der Waals surface area contributed by atoms with Crippen LogP contribution in [-0.4, -0.2) is 18.7 Å². The van der Waals surface area contributed by atoms with Crippen LogP contribution in [0.5, 0.6) is 0 Å². The lowest BCUT2D eigenvalue weighted by atomic mass is 10.4. The zero-order valence-electron chi connectivity index (χ0n) is 8.37. The number of allylic oxidation sites excluding steroid dienone is 1. The van der Waals surface area contributed by atoms with E-state index < -0.39 is 5.97 Å². The lowest BCUT2D eigenvalue weighted by Gasteiger charge is -2.12. The molecule has 0 spiro atoms. The summed E-state index contributed by atoms with van der Waals surface area (Å²) in [5, 5.41) is 0. The van der Waals surface area contributed by atoms with Crippen molar-refractivity contribution >= 4 is 5.97 Å². The van der Waals surface area contributed by atoms with Crippen molar-refractivity contribution in [2.24, 2.45) is 0 Å². The standard InChI is InChI=1S/C10H16O3/c1-5-8(4)13-9(6-2)10(11)12-7-3/h5-6,8H,1,7H2,2-4H3/b9-6-. The predicted octanol–water partition coefficient (Wildman–Crippen LogP) is 2.04. The van der Waals surface area contributed by atoms with Gasteiger partial charge in [-0.2, -0.15) is 0 Å². The molecule has 0 aliphatic heterocycles. The molecule has 0 aliphatic carbocycles. The highest BCUT2D eigenvalue weighted by molar-refractivity contribution is 5.86. The van der Waals surface area contributed by atoms with Crippen LogP contribution in [0.4, 0.5) is 0 Å². The van der Waals surface area contributed by atoms with Crippen LogP contribution in [0.15, 0.2) is 24.5 Å². The molecule has 0 N–H and O–H groups in total. The summed E-state index contributed by atoms with van der Waals surface area (Å²) in [7, 11) is 0. The first-order valence-corrected chi connectivity index (χ1v) is 4.28. The van der Waals surface area contributed by atoms with Gasteiger partial charge in [-0.3, -0.25) is 0 Å². The molecule has 3 heteroatoms. The molecule has 0 saturated heterocycles. The fourth-order valence-corrected chi connectivity index (χ4v) is 0.685. The molecule has 0 saturated carbocycles. The average Bonchev–Trinajstić information content (AvgIpc) is 2.14. The van der Waals surface area contributed by atoms with Crippen LogP contribution in [0, 0.1) is 0 Å². The molecule has 0 aliphatic rings. The fraction of sp³-hybridized carbons (Fsp3) is 0.500. The van der Waals surface area contributed by atoms with Gasteiger partial charge in [0.15, 0.2) is 0 Å². The molecule has 0 heterocycles. The lowest BCUT2D eigenvalue weighted by Crippen LogP contribution is -2.14. The molecule has 1 atom stereocenters. The molecular formula is C10H16O3. The number of hydrogen-bond acceptors (Lipinski definition) is 3. The number of rotatable bonds is 5. The van der Waals surface area contributed by atoms with Crippen molar-refractivity contribution in [3.63, 3.8) is 0 Å². The lowest BCUT2D eigenvalue weighted by molar-refractivity contribution is -0.143. The Bertz CT molecular complexity index is 206. The monoisotopic (exact) mass is 184 g/mol. The summed E-state index contributed by atoms with van der Waals surface area (Å²) in [6.45, 7) is 9.18. The Balaban J connectivity index is 4.19. The topological polar surface area (TPSA) is 35.5 Å². The van der Waals surface area contributed by atoms with Crippen LogP contribution in [-0.2, 0) is 14.3 Å². The molecule has 0 aromatic heterocycles. The number of hydrogen-bond donors (Lipinski definition) is 0. The second kappa shape index (κ2) is 6.29. The molecule has 0 aromatic carbocycles. The van der Waals surface area contributed by atoms with Gasteiger partial charge in [0.2, 0.25) is 5.76 Å². The quantitative estimate of drug-likeness (QED) is 0.284. The summed E-state index contributed by atoms with van der Waals surface area (Å²) < 4.78 is 10.0. The molecule has 0 fully saturated rings. The Kier molecular flexibility index (Phi) is 5.68. The maximum Gasteiger partial charge on any atom is 0.373 e. The Morgan fingerprint density at radius 2 is 2.23 bits per heavy atom. The number of ether oxygens (including phenoxy) is 2. The van der Waals surface area contributed by atoms with Gasteiger partial charge in [-0.15, -0.1) is 0 Å². The van der Waals surface area contributed by atoms with Crippen molar-refractivity contribution in [3.05, 3.63) is 24.5 Å². The first-order chi connectivity index (χ1) is 6.15. The van der Waals surface area contributed by atoms with Gasteiger partial charge < -0.3 is 9.47 Å². The van der Waals surface area contributed by atoms with Gasteiger partial charge in [-0.05, 0) is 26.8 Å². The molecule has 0 rings (SSSR count). The van der Waals surface area contributed by atoms with Crippen molar-refractivity contribution in [2.45, 2.75) is 26.9 Å². The Morgan fingerprint density at radius 3 is 2.62 bits per heavy atom. The van der Waals surface area contributed by atoms with Gasteiger partial charge in [0, 0.05) is 0 Å². The highest BCUT2D eigenvalue weighted by Gasteiger charge is 2.12. The second-order valence-corrected chi connectivity index (χ2v) is 2.43. The van der Waals surface area contributed by atoms with E-state index in [4.69, 9.17) is 9.47 Å². The van der Waals surface area contributed by atoms with E-state index in [1.54, 1.807) is 32.9 Å². The zero-order valence-corrected chi connectivity index (χ0v) is 8.37. The van der Waals surface area contributed by atoms with Crippen molar-refractivity contribution < 1.29 is 14.3 Å². The molecular weight excluding hydrogens is 168 g/mol. The van der Waals surface area contributed by atoms with Crippen LogP contribution in [0.1, 0.15) is 20.8 Å². The van der Waals surface area contributed by atoms with Crippen LogP contribution >= 0.6 is 0 Å². The van der Waals surface area contributed by atoms with Gasteiger partial charge >= 0.3 is 5.97 Å². The molecule has 3 nitrogen and oxygen atoms in total. The van der Waals surface area contributed by atoms with Gasteiger partial charge in [-0.1, -0.05) is 12.7 Å². The maximum atomic E-state index is 11.2. The molecule has 0 aromatic rings. The van der Waals surface area contributed by atoms with E-state index in [9.17, 15) is 4.79 Å². The number of carbonyl (C=O) groups is 1. The van der Waals surface area contributed by atoms with Crippen LogP contribution < -0.4 is 0 Å². The highest BCUT2D eigenvalue weighted by atomic mass is 16.6. The first kappa shape index (κ1) is 11.8. The third-order valence-electron chi connectivity index (χ3n) is 1.38. The molecule has 0 radical (unpaired) electrons. The minimum Gasteiger partial charge on any atom is -0.480 e. The predicted molar refractivity (Wildman–Crippen MR) is 51.1 cm³/mol. The van der Waals surface area contributed by atoms with Gasteiger partial charge in [-0.25, -0.2) is 4.79 Å². The van der Waals surface area contributed by atoms with Gasteiger partial charge in [0.1, 0.15) is 6.10 Å². The van der Waals surface area contributed by atoms with Crippen LogP contribution in [0.3, 0.4) is 0 Å². The van der Waals surface area contributed by atoms with Crippen LogP contribution in [0.2, 0.25) is 0 Å².